The Labute approximate surface area is 135 Å². The molecule has 2 aromatic rings. The van der Waals surface area contributed by atoms with Crippen LogP contribution in [0.2, 0.25) is 0 Å². The van der Waals surface area contributed by atoms with Gasteiger partial charge in [-0.05, 0) is 56.2 Å². The van der Waals surface area contributed by atoms with Gasteiger partial charge in [-0.3, -0.25) is 4.79 Å². The van der Waals surface area contributed by atoms with Gasteiger partial charge in [-0.2, -0.15) is 0 Å². The second-order valence-corrected chi connectivity index (χ2v) is 7.95. The minimum absolute atomic E-state index is 0.101. The van der Waals surface area contributed by atoms with Gasteiger partial charge in [0, 0.05) is 17.9 Å². The van der Waals surface area contributed by atoms with Gasteiger partial charge in [-0.25, -0.2) is 8.42 Å². The van der Waals surface area contributed by atoms with Gasteiger partial charge >= 0.3 is 0 Å². The molecule has 1 saturated carbocycles. The van der Waals surface area contributed by atoms with E-state index in [-0.39, 0.29) is 22.9 Å². The molecule has 1 aliphatic carbocycles. The summed E-state index contributed by atoms with van der Waals surface area (Å²) in [4.78, 5) is 14.9. The van der Waals surface area contributed by atoms with Gasteiger partial charge in [-0.15, -0.1) is 0 Å². The molecule has 1 aromatic carbocycles. The molecule has 6 heteroatoms. The highest BCUT2D eigenvalue weighted by Crippen LogP contribution is 2.35. The Morgan fingerprint density at radius 2 is 1.87 bits per heavy atom. The van der Waals surface area contributed by atoms with Crippen LogP contribution in [-0.4, -0.2) is 31.5 Å². The van der Waals surface area contributed by atoms with Crippen molar-refractivity contribution in [3.63, 3.8) is 0 Å². The molecule has 23 heavy (non-hydrogen) atoms. The van der Waals surface area contributed by atoms with E-state index in [1.54, 1.807) is 18.4 Å². The maximum atomic E-state index is 12.9. The maximum absolute atomic E-state index is 12.9. The summed E-state index contributed by atoms with van der Waals surface area (Å²) in [6.45, 7) is 1.94. The molecule has 0 aliphatic heterocycles. The van der Waals surface area contributed by atoms with Gasteiger partial charge < -0.3 is 9.32 Å². The van der Waals surface area contributed by atoms with E-state index in [1.165, 1.54) is 12.1 Å². The van der Waals surface area contributed by atoms with E-state index in [9.17, 15) is 13.2 Å². The van der Waals surface area contributed by atoms with Crippen LogP contribution in [0.15, 0.2) is 52.0 Å². The smallest absolute Gasteiger partial charge is 0.254 e. The number of amides is 1. The lowest BCUT2D eigenvalue weighted by Gasteiger charge is -2.28. The summed E-state index contributed by atoms with van der Waals surface area (Å²) in [6.07, 6.45) is 4.72. The molecule has 0 spiro atoms. The van der Waals surface area contributed by atoms with Crippen LogP contribution in [-0.2, 0) is 9.84 Å². The molecule has 0 bridgehead atoms. The Balaban J connectivity index is 1.87. The van der Waals surface area contributed by atoms with Gasteiger partial charge in [0.2, 0.25) is 0 Å². The first-order chi connectivity index (χ1) is 10.9. The highest BCUT2D eigenvalue weighted by Gasteiger charge is 2.37. The van der Waals surface area contributed by atoms with Crippen molar-refractivity contribution in [2.75, 3.05) is 6.26 Å². The van der Waals surface area contributed by atoms with E-state index < -0.39 is 9.84 Å². The van der Waals surface area contributed by atoms with E-state index in [0.29, 0.717) is 5.56 Å². The van der Waals surface area contributed by atoms with Crippen LogP contribution in [0.25, 0.3) is 0 Å². The molecule has 1 unspecified atom stereocenters. The molecule has 0 N–H and O–H groups in total. The van der Waals surface area contributed by atoms with Crippen LogP contribution < -0.4 is 0 Å². The van der Waals surface area contributed by atoms with Crippen molar-refractivity contribution in [3.8, 4) is 0 Å². The highest BCUT2D eigenvalue weighted by atomic mass is 32.2. The van der Waals surface area contributed by atoms with Crippen molar-refractivity contribution in [2.24, 2.45) is 0 Å². The number of nitrogens with zero attached hydrogens (tertiary/aromatic N) is 1. The lowest BCUT2D eigenvalue weighted by molar-refractivity contribution is 0.0652. The van der Waals surface area contributed by atoms with Gasteiger partial charge in [0.05, 0.1) is 17.2 Å². The molecule has 1 atom stereocenters. The summed E-state index contributed by atoms with van der Waals surface area (Å²) in [6, 6.07) is 9.83. The minimum atomic E-state index is -3.26. The van der Waals surface area contributed by atoms with Crippen LogP contribution in [0.3, 0.4) is 0 Å². The van der Waals surface area contributed by atoms with Crippen LogP contribution >= 0.6 is 0 Å². The van der Waals surface area contributed by atoms with Crippen molar-refractivity contribution in [1.29, 1.82) is 0 Å². The molecular formula is C17H19NO4S. The molecule has 1 amide bonds. The van der Waals surface area contributed by atoms with E-state index in [4.69, 9.17) is 4.42 Å². The van der Waals surface area contributed by atoms with Crippen LogP contribution in [0.4, 0.5) is 0 Å². The first kappa shape index (κ1) is 15.8. The van der Waals surface area contributed by atoms with Crippen molar-refractivity contribution in [3.05, 3.63) is 54.0 Å². The van der Waals surface area contributed by atoms with E-state index in [1.807, 2.05) is 24.0 Å². The third kappa shape index (κ3) is 3.32. The topological polar surface area (TPSA) is 67.6 Å². The fourth-order valence-electron chi connectivity index (χ4n) is 2.67. The lowest BCUT2D eigenvalue weighted by atomic mass is 10.1. The Bertz CT molecular complexity index is 790. The summed E-state index contributed by atoms with van der Waals surface area (Å²) in [7, 11) is -3.26. The summed E-state index contributed by atoms with van der Waals surface area (Å²) in [5.41, 5.74) is 0.489. The largest absolute Gasteiger partial charge is 0.467 e. The molecule has 122 valence electrons. The average Bonchev–Trinajstić information content (AvgIpc) is 3.18. The fraction of sp³-hybridized carbons (Fsp3) is 0.353. The summed E-state index contributed by atoms with van der Waals surface area (Å²) in [5, 5.41) is 0. The molecule has 1 aliphatic rings. The second kappa shape index (κ2) is 5.85. The number of rotatable bonds is 5. The normalized spacial score (nSPS) is 16.1. The van der Waals surface area contributed by atoms with Gasteiger partial charge in [0.15, 0.2) is 9.84 Å². The van der Waals surface area contributed by atoms with Crippen molar-refractivity contribution >= 4 is 15.7 Å². The van der Waals surface area contributed by atoms with E-state index in [0.717, 1.165) is 24.9 Å². The van der Waals surface area contributed by atoms with E-state index in [2.05, 4.69) is 0 Å². The average molecular weight is 333 g/mol. The number of hydrogen-bond acceptors (Lipinski definition) is 4. The van der Waals surface area contributed by atoms with Crippen LogP contribution in [0.1, 0.15) is 41.9 Å². The van der Waals surface area contributed by atoms with Crippen LogP contribution in [0.5, 0.6) is 0 Å². The summed E-state index contributed by atoms with van der Waals surface area (Å²) in [5.74, 6) is 0.648. The first-order valence-corrected chi connectivity index (χ1v) is 9.43. The third-order valence-corrected chi connectivity index (χ3v) is 5.20. The molecule has 0 radical (unpaired) electrons. The summed E-state index contributed by atoms with van der Waals surface area (Å²) < 4.78 is 28.5. The molecule has 0 saturated heterocycles. The number of sulfone groups is 1. The molecule has 1 heterocycles. The van der Waals surface area contributed by atoms with Gasteiger partial charge in [0.1, 0.15) is 5.76 Å². The zero-order chi connectivity index (χ0) is 16.6. The van der Waals surface area contributed by atoms with Crippen molar-refractivity contribution in [2.45, 2.75) is 36.7 Å². The van der Waals surface area contributed by atoms with Gasteiger partial charge in [-0.1, -0.05) is 0 Å². The molecular weight excluding hydrogens is 314 g/mol. The molecule has 5 nitrogen and oxygen atoms in total. The Morgan fingerprint density at radius 3 is 2.35 bits per heavy atom. The zero-order valence-electron chi connectivity index (χ0n) is 13.1. The Hall–Kier alpha value is -2.08. The minimum Gasteiger partial charge on any atom is -0.467 e. The second-order valence-electron chi connectivity index (χ2n) is 5.93. The number of hydrogen-bond donors (Lipinski definition) is 0. The van der Waals surface area contributed by atoms with E-state index >= 15 is 0 Å². The summed E-state index contributed by atoms with van der Waals surface area (Å²) >= 11 is 0. The van der Waals surface area contributed by atoms with Crippen LogP contribution in [0, 0.1) is 0 Å². The number of benzene rings is 1. The predicted octanol–water partition coefficient (Wildman–Crippen LogP) is 3.05. The van der Waals surface area contributed by atoms with Crippen molar-refractivity contribution in [1.82, 2.24) is 4.90 Å². The first-order valence-electron chi connectivity index (χ1n) is 7.54. The Morgan fingerprint density at radius 1 is 1.22 bits per heavy atom. The van der Waals surface area contributed by atoms with Gasteiger partial charge in [0.25, 0.3) is 5.91 Å². The third-order valence-electron chi connectivity index (χ3n) is 4.08. The number of carbonyl (C=O) groups excluding carboxylic acids is 1. The highest BCUT2D eigenvalue weighted by molar-refractivity contribution is 7.90. The molecule has 1 aromatic heterocycles. The Kier molecular flexibility index (Phi) is 4.02. The lowest BCUT2D eigenvalue weighted by Crippen LogP contribution is -2.35. The number of carbonyl (C=O) groups is 1. The SMILES string of the molecule is CC(c1ccco1)N(C(=O)c1ccc(S(C)(=O)=O)cc1)C1CC1. The maximum Gasteiger partial charge on any atom is 0.254 e. The monoisotopic (exact) mass is 333 g/mol. The quantitative estimate of drug-likeness (QED) is 0.843. The standard InChI is InChI=1S/C17H19NO4S/c1-12(16-4-3-11-22-16)18(14-7-8-14)17(19)13-5-9-15(10-6-13)23(2,20)21/h3-6,9-12,14H,7-8H2,1-2H3. The fourth-order valence-corrected chi connectivity index (χ4v) is 3.30. The predicted molar refractivity (Wildman–Crippen MR) is 85.9 cm³/mol. The van der Waals surface area contributed by atoms with Crippen molar-refractivity contribution < 1.29 is 17.6 Å². The molecule has 3 rings (SSSR count). The molecule has 1 fully saturated rings. The number of furan rings is 1. The zero-order valence-corrected chi connectivity index (χ0v) is 13.9.